The average Bonchev–Trinajstić information content (AvgIpc) is 3.40. The molecule has 0 bridgehead atoms. The van der Waals surface area contributed by atoms with Gasteiger partial charge < -0.3 is 23.8 Å². The molecule has 36 heavy (non-hydrogen) atoms. The first kappa shape index (κ1) is 24.0. The molecule has 6 heteroatoms. The Morgan fingerprint density at radius 1 is 0.889 bits per heavy atom. The topological polar surface area (TPSA) is 57.2 Å². The quantitative estimate of drug-likeness (QED) is 0.386. The fourth-order valence-corrected chi connectivity index (χ4v) is 4.95. The zero-order chi connectivity index (χ0) is 24.7. The van der Waals surface area contributed by atoms with Crippen LogP contribution in [-0.2, 0) is 11.2 Å². The Labute approximate surface area is 212 Å². The highest BCUT2D eigenvalue weighted by atomic mass is 16.7. The van der Waals surface area contributed by atoms with Crippen LogP contribution in [0.25, 0.3) is 11.1 Å². The van der Waals surface area contributed by atoms with E-state index >= 15 is 0 Å². The van der Waals surface area contributed by atoms with E-state index in [2.05, 4.69) is 12.1 Å². The number of piperidine rings is 1. The highest BCUT2D eigenvalue weighted by molar-refractivity contribution is 5.79. The molecule has 1 fully saturated rings. The second-order valence-corrected chi connectivity index (χ2v) is 9.26. The first-order valence-corrected chi connectivity index (χ1v) is 12.8. The maximum absolute atomic E-state index is 12.9. The third-order valence-electron chi connectivity index (χ3n) is 6.96. The zero-order valence-corrected chi connectivity index (χ0v) is 20.8. The zero-order valence-electron chi connectivity index (χ0n) is 20.8. The van der Waals surface area contributed by atoms with Gasteiger partial charge in [0, 0.05) is 24.2 Å². The number of hydrogen-bond donors (Lipinski definition) is 0. The summed E-state index contributed by atoms with van der Waals surface area (Å²) in [7, 11) is 0. The van der Waals surface area contributed by atoms with Gasteiger partial charge in [0.2, 0.25) is 6.79 Å². The summed E-state index contributed by atoms with van der Waals surface area (Å²) in [6.07, 6.45) is 4.17. The van der Waals surface area contributed by atoms with Gasteiger partial charge in [0.15, 0.2) is 18.1 Å². The van der Waals surface area contributed by atoms with Crippen molar-refractivity contribution in [1.82, 2.24) is 4.90 Å². The van der Waals surface area contributed by atoms with Gasteiger partial charge in [0.1, 0.15) is 11.5 Å². The predicted octanol–water partition coefficient (Wildman–Crippen LogP) is 5.73. The summed E-state index contributed by atoms with van der Waals surface area (Å²) in [4.78, 5) is 14.9. The van der Waals surface area contributed by atoms with Crippen LogP contribution in [0.3, 0.4) is 0 Å². The number of nitrogens with zero attached hydrogens (tertiary/aromatic N) is 1. The Kier molecular flexibility index (Phi) is 7.60. The molecule has 188 valence electrons. The molecule has 0 unspecified atom stereocenters. The summed E-state index contributed by atoms with van der Waals surface area (Å²) in [5, 5.41) is 0. The van der Waals surface area contributed by atoms with Crippen LogP contribution in [0.1, 0.15) is 31.7 Å². The van der Waals surface area contributed by atoms with Crippen LogP contribution in [0.15, 0.2) is 66.7 Å². The second-order valence-electron chi connectivity index (χ2n) is 9.26. The van der Waals surface area contributed by atoms with E-state index in [1.165, 1.54) is 5.56 Å². The lowest BCUT2D eigenvalue weighted by molar-refractivity contribution is -0.134. The van der Waals surface area contributed by atoms with Crippen molar-refractivity contribution in [3.05, 3.63) is 72.3 Å². The molecule has 0 aromatic heterocycles. The van der Waals surface area contributed by atoms with Crippen molar-refractivity contribution in [2.45, 2.75) is 32.6 Å². The summed E-state index contributed by atoms with van der Waals surface area (Å²) in [6, 6.07) is 21.9. The molecule has 2 aliphatic heterocycles. The minimum absolute atomic E-state index is 0.0374. The number of hydrogen-bond acceptors (Lipinski definition) is 5. The maximum Gasteiger partial charge on any atom is 0.260 e. The smallest absolute Gasteiger partial charge is 0.260 e. The van der Waals surface area contributed by atoms with Crippen LogP contribution in [0, 0.1) is 5.92 Å². The standard InChI is InChI=1S/C30H33NO5/c1-2-33-26-9-5-3-7-24(26)25-8-4-6-10-27(25)34-20-30(32)31-17-15-22(16-18-31)11-12-23-13-14-28-29(19-23)36-21-35-28/h3-10,13-14,19,22H,2,11-12,15-18,20-21H2,1H3. The van der Waals surface area contributed by atoms with Crippen molar-refractivity contribution in [3.63, 3.8) is 0 Å². The number of fused-ring (bicyclic) bond motifs is 1. The summed E-state index contributed by atoms with van der Waals surface area (Å²) < 4.78 is 22.7. The molecular formula is C30H33NO5. The second kappa shape index (κ2) is 11.4. The van der Waals surface area contributed by atoms with Crippen molar-refractivity contribution in [2.75, 3.05) is 33.1 Å². The van der Waals surface area contributed by atoms with Crippen LogP contribution in [0.4, 0.5) is 0 Å². The number of carbonyl (C=O) groups is 1. The highest BCUT2D eigenvalue weighted by Crippen LogP contribution is 2.36. The Morgan fingerprint density at radius 3 is 2.28 bits per heavy atom. The molecule has 2 heterocycles. The maximum atomic E-state index is 12.9. The third-order valence-corrected chi connectivity index (χ3v) is 6.96. The monoisotopic (exact) mass is 487 g/mol. The lowest BCUT2D eigenvalue weighted by atomic mass is 9.90. The van der Waals surface area contributed by atoms with E-state index in [0.29, 0.717) is 25.1 Å². The lowest BCUT2D eigenvalue weighted by Gasteiger charge is -2.32. The lowest BCUT2D eigenvalue weighted by Crippen LogP contribution is -2.41. The minimum atomic E-state index is 0.0374. The number of amides is 1. The molecule has 6 nitrogen and oxygen atoms in total. The molecule has 0 atom stereocenters. The van der Waals surface area contributed by atoms with E-state index in [1.54, 1.807) is 0 Å². The predicted molar refractivity (Wildman–Crippen MR) is 139 cm³/mol. The van der Waals surface area contributed by atoms with E-state index in [1.807, 2.05) is 66.4 Å². The highest BCUT2D eigenvalue weighted by Gasteiger charge is 2.24. The Balaban J connectivity index is 1.12. The van der Waals surface area contributed by atoms with Gasteiger partial charge in [0.25, 0.3) is 5.91 Å². The van der Waals surface area contributed by atoms with E-state index in [0.717, 1.165) is 67.1 Å². The largest absolute Gasteiger partial charge is 0.493 e. The van der Waals surface area contributed by atoms with E-state index in [-0.39, 0.29) is 12.5 Å². The number of rotatable bonds is 9. The first-order valence-electron chi connectivity index (χ1n) is 12.8. The van der Waals surface area contributed by atoms with Crippen molar-refractivity contribution in [3.8, 4) is 34.1 Å². The van der Waals surface area contributed by atoms with Crippen molar-refractivity contribution < 1.29 is 23.7 Å². The van der Waals surface area contributed by atoms with Crippen LogP contribution in [-0.4, -0.2) is 43.9 Å². The molecule has 3 aromatic carbocycles. The van der Waals surface area contributed by atoms with Gasteiger partial charge in [-0.2, -0.15) is 0 Å². The van der Waals surface area contributed by atoms with Gasteiger partial charge >= 0.3 is 0 Å². The molecule has 0 saturated carbocycles. The number of benzene rings is 3. The third kappa shape index (κ3) is 5.59. The van der Waals surface area contributed by atoms with Gasteiger partial charge in [-0.05, 0) is 68.4 Å². The molecule has 1 saturated heterocycles. The van der Waals surface area contributed by atoms with E-state index < -0.39 is 0 Å². The SMILES string of the molecule is CCOc1ccccc1-c1ccccc1OCC(=O)N1CCC(CCc2ccc3c(c2)OCO3)CC1. The van der Waals surface area contributed by atoms with Crippen molar-refractivity contribution in [1.29, 1.82) is 0 Å². The molecule has 0 spiro atoms. The van der Waals surface area contributed by atoms with Crippen molar-refractivity contribution >= 4 is 5.91 Å². The van der Waals surface area contributed by atoms with Crippen LogP contribution >= 0.6 is 0 Å². The molecule has 2 aliphatic rings. The van der Waals surface area contributed by atoms with Crippen LogP contribution < -0.4 is 18.9 Å². The van der Waals surface area contributed by atoms with Gasteiger partial charge in [-0.15, -0.1) is 0 Å². The van der Waals surface area contributed by atoms with Crippen LogP contribution in [0.2, 0.25) is 0 Å². The Hall–Kier alpha value is -3.67. The van der Waals surface area contributed by atoms with Gasteiger partial charge in [0.05, 0.1) is 6.61 Å². The van der Waals surface area contributed by atoms with Crippen molar-refractivity contribution in [2.24, 2.45) is 5.92 Å². The average molecular weight is 488 g/mol. The molecular weight excluding hydrogens is 454 g/mol. The number of ether oxygens (including phenoxy) is 4. The molecule has 0 radical (unpaired) electrons. The Morgan fingerprint density at radius 2 is 1.56 bits per heavy atom. The Bertz CT molecular complexity index is 1190. The van der Waals surface area contributed by atoms with Gasteiger partial charge in [-0.1, -0.05) is 42.5 Å². The molecule has 3 aromatic rings. The van der Waals surface area contributed by atoms with E-state index in [4.69, 9.17) is 18.9 Å². The fraction of sp³-hybridized carbons (Fsp3) is 0.367. The number of aryl methyl sites for hydroxylation is 1. The summed E-state index contributed by atoms with van der Waals surface area (Å²) >= 11 is 0. The number of para-hydroxylation sites is 2. The van der Waals surface area contributed by atoms with Gasteiger partial charge in [-0.25, -0.2) is 0 Å². The first-order chi connectivity index (χ1) is 17.7. The molecule has 5 rings (SSSR count). The minimum Gasteiger partial charge on any atom is -0.493 e. The summed E-state index contributed by atoms with van der Waals surface area (Å²) in [6.45, 7) is 4.46. The summed E-state index contributed by atoms with van der Waals surface area (Å²) in [5.74, 6) is 3.83. The van der Waals surface area contributed by atoms with E-state index in [9.17, 15) is 4.79 Å². The molecule has 0 aliphatic carbocycles. The van der Waals surface area contributed by atoms with Crippen LogP contribution in [0.5, 0.6) is 23.0 Å². The normalized spacial score (nSPS) is 15.1. The number of carbonyl (C=O) groups excluding carboxylic acids is 1. The number of likely N-dealkylation sites (tertiary alicyclic amines) is 1. The fourth-order valence-electron chi connectivity index (χ4n) is 4.95. The van der Waals surface area contributed by atoms with Gasteiger partial charge in [-0.3, -0.25) is 4.79 Å². The molecule has 0 N–H and O–H groups in total. The molecule has 1 amide bonds. The summed E-state index contributed by atoms with van der Waals surface area (Å²) in [5.41, 5.74) is 3.16.